The van der Waals surface area contributed by atoms with Gasteiger partial charge in [-0.15, -0.1) is 0 Å². The predicted molar refractivity (Wildman–Crippen MR) is 89.2 cm³/mol. The second-order valence-electron chi connectivity index (χ2n) is 7.37. The fourth-order valence-electron chi connectivity index (χ4n) is 2.45. The lowest BCUT2D eigenvalue weighted by molar-refractivity contribution is -0.113. The molecule has 3 nitrogen and oxygen atoms in total. The zero-order chi connectivity index (χ0) is 16.7. The first kappa shape index (κ1) is 16.9. The molecule has 22 heavy (non-hydrogen) atoms. The maximum Gasteiger partial charge on any atom is 0.241 e. The van der Waals surface area contributed by atoms with Crippen molar-refractivity contribution in [2.45, 2.75) is 51.4 Å². The Kier molecular flexibility index (Phi) is 4.32. The molecule has 0 spiro atoms. The van der Waals surface area contributed by atoms with Gasteiger partial charge in [0.05, 0.1) is 6.10 Å². The van der Waals surface area contributed by atoms with E-state index in [0.717, 1.165) is 16.7 Å². The highest BCUT2D eigenvalue weighted by Crippen LogP contribution is 2.47. The summed E-state index contributed by atoms with van der Waals surface area (Å²) in [7, 11) is -1.96. The van der Waals surface area contributed by atoms with E-state index in [2.05, 4.69) is 33.9 Å². The quantitative estimate of drug-likeness (QED) is 0.671. The summed E-state index contributed by atoms with van der Waals surface area (Å²) in [5, 5.41) is 0.0867. The molecule has 0 aromatic heterocycles. The highest BCUT2D eigenvalue weighted by molar-refractivity contribution is 6.74. The molecule has 0 fully saturated rings. The van der Waals surface area contributed by atoms with Gasteiger partial charge >= 0.3 is 0 Å². The van der Waals surface area contributed by atoms with Gasteiger partial charge < -0.3 is 10.2 Å². The SMILES string of the molecule is CC(C)(C)[Si](C)(C)OC1CC(=CC(N)=O)c2cc(F)ccc21. The minimum absolute atomic E-state index is 0.0867. The molecule has 0 saturated heterocycles. The number of carbonyl (C=O) groups excluding carboxylic acids is 1. The number of carbonyl (C=O) groups is 1. The lowest BCUT2D eigenvalue weighted by Gasteiger charge is -2.38. The van der Waals surface area contributed by atoms with Gasteiger partial charge in [0.15, 0.2) is 8.32 Å². The number of nitrogens with two attached hydrogens (primary N) is 1. The average molecular weight is 321 g/mol. The van der Waals surface area contributed by atoms with Crippen LogP contribution in [0, 0.1) is 5.82 Å². The van der Waals surface area contributed by atoms with E-state index in [4.69, 9.17) is 10.2 Å². The van der Waals surface area contributed by atoms with Crippen molar-refractivity contribution >= 4 is 19.8 Å². The van der Waals surface area contributed by atoms with Gasteiger partial charge in [0, 0.05) is 12.5 Å². The Hall–Kier alpha value is -1.46. The van der Waals surface area contributed by atoms with Crippen LogP contribution >= 0.6 is 0 Å². The van der Waals surface area contributed by atoms with Crippen molar-refractivity contribution in [1.82, 2.24) is 0 Å². The molecular weight excluding hydrogens is 297 g/mol. The van der Waals surface area contributed by atoms with E-state index in [1.54, 1.807) is 6.07 Å². The monoisotopic (exact) mass is 321 g/mol. The normalized spacial score (nSPS) is 20.3. The van der Waals surface area contributed by atoms with Gasteiger partial charge in [-0.05, 0) is 47.0 Å². The largest absolute Gasteiger partial charge is 0.410 e. The molecule has 1 unspecified atom stereocenters. The molecule has 0 heterocycles. The van der Waals surface area contributed by atoms with Crippen LogP contribution in [-0.4, -0.2) is 14.2 Å². The first-order chi connectivity index (χ1) is 10.0. The van der Waals surface area contributed by atoms with E-state index >= 15 is 0 Å². The molecule has 1 aliphatic rings. The van der Waals surface area contributed by atoms with Crippen LogP contribution in [0.5, 0.6) is 0 Å². The molecule has 2 rings (SSSR count). The smallest absolute Gasteiger partial charge is 0.241 e. The zero-order valence-electron chi connectivity index (χ0n) is 13.9. The molecular formula is C17H24FNO2Si. The Morgan fingerprint density at radius 2 is 2.05 bits per heavy atom. The molecule has 1 aromatic carbocycles. The minimum Gasteiger partial charge on any atom is -0.410 e. The van der Waals surface area contributed by atoms with Crippen molar-refractivity contribution in [1.29, 1.82) is 0 Å². The lowest BCUT2D eigenvalue weighted by Crippen LogP contribution is -2.41. The van der Waals surface area contributed by atoms with Gasteiger partial charge in [-0.3, -0.25) is 4.79 Å². The molecule has 120 valence electrons. The molecule has 0 aliphatic heterocycles. The van der Waals surface area contributed by atoms with Crippen LogP contribution < -0.4 is 5.73 Å². The van der Waals surface area contributed by atoms with E-state index in [1.807, 2.05) is 0 Å². The summed E-state index contributed by atoms with van der Waals surface area (Å²) in [5.74, 6) is -0.833. The number of rotatable bonds is 3. The van der Waals surface area contributed by atoms with Crippen LogP contribution in [0.3, 0.4) is 0 Å². The third kappa shape index (κ3) is 3.30. The van der Waals surface area contributed by atoms with Crippen molar-refractivity contribution < 1.29 is 13.6 Å². The molecule has 1 aliphatic carbocycles. The van der Waals surface area contributed by atoms with Gasteiger partial charge in [-0.2, -0.15) is 0 Å². The van der Waals surface area contributed by atoms with Crippen molar-refractivity contribution in [3.05, 3.63) is 41.2 Å². The molecule has 0 saturated carbocycles. The third-order valence-corrected chi connectivity index (χ3v) is 9.16. The van der Waals surface area contributed by atoms with Crippen molar-refractivity contribution in [3.8, 4) is 0 Å². The fraction of sp³-hybridized carbons (Fsp3) is 0.471. The van der Waals surface area contributed by atoms with Crippen LogP contribution in [0.1, 0.15) is 44.4 Å². The Bertz CT molecular complexity index is 632. The second-order valence-corrected chi connectivity index (χ2v) is 12.1. The number of amides is 1. The van der Waals surface area contributed by atoms with Crippen LogP contribution in [0.25, 0.3) is 5.57 Å². The maximum absolute atomic E-state index is 13.6. The summed E-state index contributed by atoms with van der Waals surface area (Å²) in [6, 6.07) is 4.65. The fourth-order valence-corrected chi connectivity index (χ4v) is 3.73. The number of hydrogen-bond acceptors (Lipinski definition) is 2. The van der Waals surface area contributed by atoms with E-state index in [1.165, 1.54) is 18.2 Å². The predicted octanol–water partition coefficient (Wildman–Crippen LogP) is 4.16. The molecule has 0 radical (unpaired) electrons. The lowest BCUT2D eigenvalue weighted by atomic mass is 10.1. The third-order valence-electron chi connectivity index (χ3n) is 4.67. The minimum atomic E-state index is -1.96. The summed E-state index contributed by atoms with van der Waals surface area (Å²) in [4.78, 5) is 11.2. The van der Waals surface area contributed by atoms with Gasteiger partial charge in [-0.25, -0.2) is 4.39 Å². The van der Waals surface area contributed by atoms with Gasteiger partial charge in [0.25, 0.3) is 0 Å². The summed E-state index contributed by atoms with van der Waals surface area (Å²) >= 11 is 0. The second kappa shape index (κ2) is 5.63. The number of hydrogen-bond donors (Lipinski definition) is 1. The summed E-state index contributed by atoms with van der Waals surface area (Å²) in [5.41, 5.74) is 7.71. The van der Waals surface area contributed by atoms with E-state index in [0.29, 0.717) is 6.42 Å². The van der Waals surface area contributed by atoms with Crippen molar-refractivity contribution in [2.75, 3.05) is 0 Å². The van der Waals surface area contributed by atoms with Crippen LogP contribution in [0.2, 0.25) is 18.1 Å². The highest BCUT2D eigenvalue weighted by Gasteiger charge is 2.41. The van der Waals surface area contributed by atoms with E-state index in [9.17, 15) is 9.18 Å². The van der Waals surface area contributed by atoms with Crippen LogP contribution in [0.4, 0.5) is 4.39 Å². The van der Waals surface area contributed by atoms with Crippen LogP contribution in [-0.2, 0) is 9.22 Å². The van der Waals surface area contributed by atoms with Crippen molar-refractivity contribution in [2.24, 2.45) is 5.73 Å². The van der Waals surface area contributed by atoms with E-state index in [-0.39, 0.29) is 17.0 Å². The topological polar surface area (TPSA) is 52.3 Å². The Labute approximate surface area is 132 Å². The molecule has 0 bridgehead atoms. The van der Waals surface area contributed by atoms with Gasteiger partial charge in [0.1, 0.15) is 5.82 Å². The highest BCUT2D eigenvalue weighted by atomic mass is 28.4. The molecule has 5 heteroatoms. The molecule has 2 N–H and O–H groups in total. The molecule has 1 atom stereocenters. The first-order valence-corrected chi connectivity index (χ1v) is 10.4. The number of halogens is 1. The Balaban J connectivity index is 2.40. The van der Waals surface area contributed by atoms with Crippen molar-refractivity contribution in [3.63, 3.8) is 0 Å². The number of primary amides is 1. The summed E-state index contributed by atoms with van der Waals surface area (Å²) in [6.07, 6.45) is 1.81. The first-order valence-electron chi connectivity index (χ1n) is 7.49. The van der Waals surface area contributed by atoms with Gasteiger partial charge in [0.2, 0.25) is 5.91 Å². The van der Waals surface area contributed by atoms with E-state index < -0.39 is 14.2 Å². The van der Waals surface area contributed by atoms with Crippen LogP contribution in [0.15, 0.2) is 24.3 Å². The number of fused-ring (bicyclic) bond motifs is 1. The summed E-state index contributed by atoms with van der Waals surface area (Å²) in [6.45, 7) is 10.9. The number of benzene rings is 1. The standard InChI is InChI=1S/C17H24FNO2Si/c1-17(2,3)22(4,5)21-15-8-11(9-16(19)20)14-10-12(18)6-7-13(14)15/h6-7,9-10,15H,8H2,1-5H3,(H2,19,20). The molecule has 1 amide bonds. The summed E-state index contributed by atoms with van der Waals surface area (Å²) < 4.78 is 20.0. The zero-order valence-corrected chi connectivity index (χ0v) is 14.9. The molecule has 1 aromatic rings. The Morgan fingerprint density at radius 1 is 1.41 bits per heavy atom. The maximum atomic E-state index is 13.6. The Morgan fingerprint density at radius 3 is 2.59 bits per heavy atom. The van der Waals surface area contributed by atoms with Gasteiger partial charge in [-0.1, -0.05) is 26.8 Å². The average Bonchev–Trinajstić information content (AvgIpc) is 2.64.